The molecule has 0 aliphatic heterocycles. The van der Waals surface area contributed by atoms with Crippen molar-refractivity contribution in [3.05, 3.63) is 77.8 Å². The average Bonchev–Trinajstić information content (AvgIpc) is 3.06. The molecule has 23 heavy (non-hydrogen) atoms. The predicted octanol–water partition coefficient (Wildman–Crippen LogP) is -1.92. The van der Waals surface area contributed by atoms with E-state index in [4.69, 9.17) is 0 Å². The first-order valence-corrected chi connectivity index (χ1v) is 6.39. The van der Waals surface area contributed by atoms with E-state index in [1.807, 2.05) is 12.3 Å². The van der Waals surface area contributed by atoms with E-state index in [1.54, 1.807) is 12.2 Å². The largest absolute Gasteiger partial charge is 4.00 e. The van der Waals surface area contributed by atoms with E-state index in [0.717, 1.165) is 18.5 Å². The molecule has 0 atom stereocenters. The van der Waals surface area contributed by atoms with Crippen molar-refractivity contribution in [2.45, 2.75) is 12.8 Å². The van der Waals surface area contributed by atoms with Crippen LogP contribution >= 0.6 is 0 Å². The first-order chi connectivity index (χ1) is 9.34. The molecule has 0 bridgehead atoms. The Balaban J connectivity index is 0. The number of aromatic nitrogens is 1. The normalized spacial score (nSPS) is 11.8. The van der Waals surface area contributed by atoms with E-state index in [1.165, 1.54) is 22.8 Å². The topological polar surface area (TPSA) is 12.9 Å². The molecule has 2 aliphatic carbocycles. The van der Waals surface area contributed by atoms with Crippen molar-refractivity contribution in [3.8, 4) is 11.3 Å². The first kappa shape index (κ1) is 24.7. The molecule has 1 heterocycles. The standard InChI is InChI=1S/C12H9N.C5H5F.2ClH.Si.Zr/c1-2-6-11-9(4-1)8-10-5-3-7-13-12(10)11;6-5-3-1-2-4-5;;;;/h1-7H,8H2;1,3-4H,2H2;2*1H;;/q;;;;2*+4/p-2. The van der Waals surface area contributed by atoms with Gasteiger partial charge in [-0.3, -0.25) is 4.98 Å². The van der Waals surface area contributed by atoms with E-state index >= 15 is 0 Å². The second-order valence-electron chi connectivity index (χ2n) is 4.57. The number of nitrogens with zero attached hydrogens (tertiary/aromatic N) is 1. The molecular weight excluding hydrogens is 427 g/mol. The summed E-state index contributed by atoms with van der Waals surface area (Å²) >= 11 is 0. The molecule has 0 saturated carbocycles. The van der Waals surface area contributed by atoms with E-state index in [-0.39, 0.29) is 67.8 Å². The quantitative estimate of drug-likeness (QED) is 0.371. The molecule has 0 unspecified atom stereocenters. The number of hydrogen-bond donors (Lipinski definition) is 0. The summed E-state index contributed by atoms with van der Waals surface area (Å²) in [6, 6.07) is 12.6. The van der Waals surface area contributed by atoms with Gasteiger partial charge in [0.25, 0.3) is 0 Å². The number of benzene rings is 1. The van der Waals surface area contributed by atoms with Gasteiger partial charge in [0.15, 0.2) is 0 Å². The molecule has 0 N–H and O–H groups in total. The molecule has 0 fully saturated rings. The van der Waals surface area contributed by atoms with Gasteiger partial charge in [-0.25, -0.2) is 4.39 Å². The Morgan fingerprint density at radius 2 is 1.65 bits per heavy atom. The van der Waals surface area contributed by atoms with Gasteiger partial charge >= 0.3 is 37.2 Å². The van der Waals surface area contributed by atoms with Crippen LogP contribution in [0.2, 0.25) is 0 Å². The number of fused-ring (bicyclic) bond motifs is 3. The fourth-order valence-corrected chi connectivity index (χ4v) is 2.36. The zero-order chi connectivity index (χ0) is 13.1. The fraction of sp³-hybridized carbons (Fsp3) is 0.118. The van der Waals surface area contributed by atoms with Gasteiger partial charge in [0.05, 0.1) is 5.69 Å². The maximum absolute atomic E-state index is 11.7. The third-order valence-electron chi connectivity index (χ3n) is 3.27. The van der Waals surface area contributed by atoms with Crippen molar-refractivity contribution in [3.63, 3.8) is 0 Å². The summed E-state index contributed by atoms with van der Waals surface area (Å²) in [7, 11) is 0. The Labute approximate surface area is 172 Å². The second-order valence-corrected chi connectivity index (χ2v) is 4.57. The molecule has 2 aliphatic rings. The summed E-state index contributed by atoms with van der Waals surface area (Å²) in [5, 5.41) is 0. The van der Waals surface area contributed by atoms with Crippen molar-refractivity contribution >= 4 is 11.0 Å². The average molecular weight is 442 g/mol. The Morgan fingerprint density at radius 1 is 0.957 bits per heavy atom. The number of halogens is 3. The minimum absolute atomic E-state index is 0. The van der Waals surface area contributed by atoms with Gasteiger partial charge in [0, 0.05) is 18.2 Å². The van der Waals surface area contributed by atoms with Crippen molar-refractivity contribution in [2.24, 2.45) is 0 Å². The molecule has 2 aromatic rings. The molecule has 1 nitrogen and oxygen atoms in total. The van der Waals surface area contributed by atoms with Crippen LogP contribution in [0.4, 0.5) is 4.39 Å². The second kappa shape index (κ2) is 11.9. The Bertz CT molecular complexity index is 631. The Morgan fingerprint density at radius 3 is 2.26 bits per heavy atom. The zero-order valence-corrected chi connectivity index (χ0v) is 17.2. The van der Waals surface area contributed by atoms with Crippen molar-refractivity contribution in [1.29, 1.82) is 0 Å². The smallest absolute Gasteiger partial charge is 1.00 e. The number of pyridine rings is 1. The molecule has 110 valence electrons. The van der Waals surface area contributed by atoms with E-state index in [0.29, 0.717) is 0 Å². The number of allylic oxidation sites excluding steroid dienone is 4. The summed E-state index contributed by atoms with van der Waals surface area (Å²) in [4.78, 5) is 4.40. The molecule has 1 aromatic carbocycles. The maximum Gasteiger partial charge on any atom is 4.00 e. The fourth-order valence-electron chi connectivity index (χ4n) is 2.36. The van der Waals surface area contributed by atoms with Crippen molar-refractivity contribution in [2.75, 3.05) is 0 Å². The molecule has 0 amide bonds. The van der Waals surface area contributed by atoms with Crippen LogP contribution in [0.5, 0.6) is 0 Å². The van der Waals surface area contributed by atoms with Gasteiger partial charge < -0.3 is 24.8 Å². The summed E-state index contributed by atoms with van der Waals surface area (Å²) < 4.78 is 11.7. The summed E-state index contributed by atoms with van der Waals surface area (Å²) in [6.07, 6.45) is 8.47. The summed E-state index contributed by atoms with van der Waals surface area (Å²) in [5.41, 5.74) is 5.22. The van der Waals surface area contributed by atoms with E-state index in [2.05, 4.69) is 35.3 Å². The van der Waals surface area contributed by atoms with Crippen molar-refractivity contribution < 1.29 is 55.4 Å². The Hall–Kier alpha value is -0.540. The number of rotatable bonds is 0. The van der Waals surface area contributed by atoms with Gasteiger partial charge in [0.1, 0.15) is 5.83 Å². The molecular formula is C17H14Cl2FNSiZr+6. The van der Waals surface area contributed by atoms with Crippen LogP contribution in [0.15, 0.2) is 66.6 Å². The van der Waals surface area contributed by atoms with Gasteiger partial charge in [-0.15, -0.1) is 0 Å². The van der Waals surface area contributed by atoms with Crippen molar-refractivity contribution in [1.82, 2.24) is 4.98 Å². The molecule has 0 radical (unpaired) electrons. The first-order valence-electron chi connectivity index (χ1n) is 6.39. The molecule has 0 spiro atoms. The van der Waals surface area contributed by atoms with Gasteiger partial charge in [-0.2, -0.15) is 0 Å². The van der Waals surface area contributed by atoms with Gasteiger partial charge in [0.2, 0.25) is 0 Å². The van der Waals surface area contributed by atoms with Crippen LogP contribution in [0.3, 0.4) is 0 Å². The Kier molecular flexibility index (Phi) is 12.8. The van der Waals surface area contributed by atoms with Crippen LogP contribution < -0.4 is 24.8 Å². The zero-order valence-electron chi connectivity index (χ0n) is 12.3. The predicted molar refractivity (Wildman–Crippen MR) is 81.2 cm³/mol. The maximum atomic E-state index is 11.7. The van der Waals surface area contributed by atoms with Gasteiger partial charge in [-0.05, 0) is 35.8 Å². The van der Waals surface area contributed by atoms with Crippen LogP contribution in [0, 0.1) is 0 Å². The van der Waals surface area contributed by atoms with Crippen LogP contribution in [0.1, 0.15) is 17.5 Å². The van der Waals surface area contributed by atoms with E-state index < -0.39 is 0 Å². The molecule has 0 saturated heterocycles. The monoisotopic (exact) mass is 439 g/mol. The van der Waals surface area contributed by atoms with Gasteiger partial charge in [-0.1, -0.05) is 36.4 Å². The molecule has 1 aromatic heterocycles. The minimum atomic E-state index is -0.102. The summed E-state index contributed by atoms with van der Waals surface area (Å²) in [5.74, 6) is -0.102. The minimum Gasteiger partial charge on any atom is -1.00 e. The van der Waals surface area contributed by atoms with Crippen LogP contribution in [0.25, 0.3) is 11.3 Å². The van der Waals surface area contributed by atoms with Crippen LogP contribution in [-0.4, -0.2) is 15.9 Å². The SMILES string of the molecule is FC1=CCC=C1.[Cl-].[Cl-].[Si+4].[Zr+4].c1ccc2c(c1)Cc1cccnc1-2. The third kappa shape index (κ3) is 6.11. The van der Waals surface area contributed by atoms with E-state index in [9.17, 15) is 4.39 Å². The summed E-state index contributed by atoms with van der Waals surface area (Å²) in [6.45, 7) is 0. The molecule has 6 heteroatoms. The number of hydrogen-bond acceptors (Lipinski definition) is 1. The molecule has 4 rings (SSSR count). The third-order valence-corrected chi connectivity index (χ3v) is 3.27. The van der Waals surface area contributed by atoms with Crippen LogP contribution in [-0.2, 0) is 32.6 Å².